The number of carbonyl (C=O) groups is 1. The van der Waals surface area contributed by atoms with Gasteiger partial charge in [0.1, 0.15) is 5.75 Å². The second-order valence-electron chi connectivity index (χ2n) is 5.58. The molecule has 0 saturated heterocycles. The molecule has 0 aliphatic carbocycles. The van der Waals surface area contributed by atoms with Gasteiger partial charge in [-0.1, -0.05) is 35.9 Å². The van der Waals surface area contributed by atoms with Crippen LogP contribution in [0.1, 0.15) is 29.5 Å². The first-order valence-electron chi connectivity index (χ1n) is 7.62. The third kappa shape index (κ3) is 4.62. The maximum Gasteiger partial charge on any atom is 0.224 e. The van der Waals surface area contributed by atoms with Gasteiger partial charge in [-0.2, -0.15) is 0 Å². The Bertz CT molecular complexity index is 612. The summed E-state index contributed by atoms with van der Waals surface area (Å²) < 4.78 is 5.63. The van der Waals surface area contributed by atoms with Crippen LogP contribution in [-0.4, -0.2) is 12.5 Å². The Kier molecular flexibility index (Phi) is 5.59. The summed E-state index contributed by atoms with van der Waals surface area (Å²) >= 11 is 0. The summed E-state index contributed by atoms with van der Waals surface area (Å²) in [4.78, 5) is 12.0. The number of aryl methyl sites for hydroxylation is 3. The monoisotopic (exact) mass is 297 g/mol. The van der Waals surface area contributed by atoms with E-state index in [9.17, 15) is 4.79 Å². The molecule has 0 radical (unpaired) electrons. The minimum atomic E-state index is 0.0323. The minimum Gasteiger partial charge on any atom is -0.494 e. The topological polar surface area (TPSA) is 38.3 Å². The molecule has 0 fully saturated rings. The van der Waals surface area contributed by atoms with E-state index in [-0.39, 0.29) is 5.91 Å². The molecule has 0 bridgehead atoms. The molecular weight excluding hydrogens is 274 g/mol. The molecule has 1 amide bonds. The molecule has 0 unspecified atom stereocenters. The SMILES string of the molecule is Cc1ccc(OCCCC(=O)Nc2c(C)cccc2C)cc1. The fourth-order valence-corrected chi connectivity index (χ4v) is 2.27. The van der Waals surface area contributed by atoms with Gasteiger partial charge in [-0.15, -0.1) is 0 Å². The van der Waals surface area contributed by atoms with Crippen LogP contribution in [0.4, 0.5) is 5.69 Å². The molecule has 2 rings (SSSR count). The molecule has 1 N–H and O–H groups in total. The van der Waals surface area contributed by atoms with E-state index in [1.807, 2.05) is 63.2 Å². The number of benzene rings is 2. The summed E-state index contributed by atoms with van der Waals surface area (Å²) in [6.45, 7) is 6.59. The van der Waals surface area contributed by atoms with Gasteiger partial charge in [-0.3, -0.25) is 4.79 Å². The predicted octanol–water partition coefficient (Wildman–Crippen LogP) is 4.41. The van der Waals surface area contributed by atoms with Crippen molar-refractivity contribution in [2.45, 2.75) is 33.6 Å². The minimum absolute atomic E-state index is 0.0323. The molecule has 0 spiro atoms. The van der Waals surface area contributed by atoms with Crippen molar-refractivity contribution in [2.75, 3.05) is 11.9 Å². The van der Waals surface area contributed by atoms with Crippen molar-refractivity contribution >= 4 is 11.6 Å². The number of hydrogen-bond acceptors (Lipinski definition) is 2. The predicted molar refractivity (Wildman–Crippen MR) is 90.5 cm³/mol. The molecule has 3 nitrogen and oxygen atoms in total. The van der Waals surface area contributed by atoms with E-state index >= 15 is 0 Å². The van der Waals surface area contributed by atoms with E-state index < -0.39 is 0 Å². The lowest BCUT2D eigenvalue weighted by atomic mass is 10.1. The van der Waals surface area contributed by atoms with Crippen LogP contribution in [0.3, 0.4) is 0 Å². The lowest BCUT2D eigenvalue weighted by Gasteiger charge is -2.11. The van der Waals surface area contributed by atoms with E-state index in [0.29, 0.717) is 19.4 Å². The molecule has 0 atom stereocenters. The average Bonchev–Trinajstić information content (AvgIpc) is 2.49. The van der Waals surface area contributed by atoms with Crippen molar-refractivity contribution in [3.05, 3.63) is 59.2 Å². The maximum absolute atomic E-state index is 12.0. The molecule has 0 heterocycles. The quantitative estimate of drug-likeness (QED) is 0.802. The van der Waals surface area contributed by atoms with Gasteiger partial charge in [-0.05, 0) is 50.5 Å². The van der Waals surface area contributed by atoms with Crippen LogP contribution in [0.15, 0.2) is 42.5 Å². The van der Waals surface area contributed by atoms with E-state index in [0.717, 1.165) is 22.6 Å². The number of ether oxygens (including phenoxy) is 1. The second kappa shape index (κ2) is 7.64. The van der Waals surface area contributed by atoms with Gasteiger partial charge in [-0.25, -0.2) is 0 Å². The standard InChI is InChI=1S/C19H23NO2/c1-14-9-11-17(12-10-14)22-13-5-8-18(21)20-19-15(2)6-4-7-16(19)3/h4,6-7,9-12H,5,8,13H2,1-3H3,(H,20,21). The van der Waals surface area contributed by atoms with Gasteiger partial charge in [0.15, 0.2) is 0 Å². The van der Waals surface area contributed by atoms with Crippen LogP contribution < -0.4 is 10.1 Å². The summed E-state index contributed by atoms with van der Waals surface area (Å²) in [5.74, 6) is 0.880. The largest absolute Gasteiger partial charge is 0.494 e. The smallest absolute Gasteiger partial charge is 0.224 e. The third-order valence-electron chi connectivity index (χ3n) is 3.58. The molecule has 116 valence electrons. The van der Waals surface area contributed by atoms with Crippen LogP contribution in [0.5, 0.6) is 5.75 Å². The van der Waals surface area contributed by atoms with Crippen molar-refractivity contribution in [2.24, 2.45) is 0 Å². The Hall–Kier alpha value is -2.29. The highest BCUT2D eigenvalue weighted by atomic mass is 16.5. The molecule has 0 aromatic heterocycles. The summed E-state index contributed by atoms with van der Waals surface area (Å²) in [5, 5.41) is 2.99. The Morgan fingerprint density at radius 1 is 1.00 bits per heavy atom. The van der Waals surface area contributed by atoms with Crippen molar-refractivity contribution in [1.29, 1.82) is 0 Å². The van der Waals surface area contributed by atoms with Crippen LogP contribution in [0, 0.1) is 20.8 Å². The fourth-order valence-electron chi connectivity index (χ4n) is 2.27. The Morgan fingerprint density at radius 3 is 2.27 bits per heavy atom. The lowest BCUT2D eigenvalue weighted by Crippen LogP contribution is -2.14. The van der Waals surface area contributed by atoms with Crippen LogP contribution in [0.2, 0.25) is 0 Å². The van der Waals surface area contributed by atoms with Gasteiger partial charge in [0.25, 0.3) is 0 Å². The molecule has 22 heavy (non-hydrogen) atoms. The van der Waals surface area contributed by atoms with Crippen molar-refractivity contribution in [3.8, 4) is 5.75 Å². The molecular formula is C19H23NO2. The Labute approximate surface area is 132 Å². The molecule has 0 aliphatic heterocycles. The summed E-state index contributed by atoms with van der Waals surface area (Å²) in [7, 11) is 0. The molecule has 0 aliphatic rings. The van der Waals surface area contributed by atoms with Gasteiger partial charge in [0, 0.05) is 12.1 Å². The van der Waals surface area contributed by atoms with Crippen LogP contribution >= 0.6 is 0 Å². The second-order valence-corrected chi connectivity index (χ2v) is 5.58. The van der Waals surface area contributed by atoms with Crippen molar-refractivity contribution < 1.29 is 9.53 Å². The highest BCUT2D eigenvalue weighted by Gasteiger charge is 2.07. The number of nitrogens with one attached hydrogen (secondary N) is 1. The third-order valence-corrected chi connectivity index (χ3v) is 3.58. The summed E-state index contributed by atoms with van der Waals surface area (Å²) in [6.07, 6.45) is 1.16. The highest BCUT2D eigenvalue weighted by Crippen LogP contribution is 2.19. The van der Waals surface area contributed by atoms with Crippen molar-refractivity contribution in [1.82, 2.24) is 0 Å². The first-order valence-corrected chi connectivity index (χ1v) is 7.62. The molecule has 0 saturated carbocycles. The van der Waals surface area contributed by atoms with Crippen molar-refractivity contribution in [3.63, 3.8) is 0 Å². The van der Waals surface area contributed by atoms with E-state index in [1.165, 1.54) is 5.56 Å². The first-order chi connectivity index (χ1) is 10.6. The number of rotatable bonds is 6. The normalized spacial score (nSPS) is 10.3. The maximum atomic E-state index is 12.0. The Balaban J connectivity index is 1.75. The highest BCUT2D eigenvalue weighted by molar-refractivity contribution is 5.92. The number of amides is 1. The van der Waals surface area contributed by atoms with Gasteiger partial charge < -0.3 is 10.1 Å². The Morgan fingerprint density at radius 2 is 1.64 bits per heavy atom. The number of hydrogen-bond donors (Lipinski definition) is 1. The van der Waals surface area contributed by atoms with Gasteiger partial charge in [0.05, 0.1) is 6.61 Å². The van der Waals surface area contributed by atoms with E-state index in [1.54, 1.807) is 0 Å². The zero-order valence-electron chi connectivity index (χ0n) is 13.5. The average molecular weight is 297 g/mol. The first kappa shape index (κ1) is 16.1. The zero-order valence-corrected chi connectivity index (χ0v) is 13.5. The van der Waals surface area contributed by atoms with Crippen LogP contribution in [-0.2, 0) is 4.79 Å². The van der Waals surface area contributed by atoms with Gasteiger partial charge >= 0.3 is 0 Å². The molecule has 3 heteroatoms. The van der Waals surface area contributed by atoms with Crippen LogP contribution in [0.25, 0.3) is 0 Å². The number of anilines is 1. The number of carbonyl (C=O) groups excluding carboxylic acids is 1. The lowest BCUT2D eigenvalue weighted by molar-refractivity contribution is -0.116. The molecule has 2 aromatic carbocycles. The molecule has 2 aromatic rings. The summed E-state index contributed by atoms with van der Waals surface area (Å²) in [6, 6.07) is 13.9. The zero-order chi connectivity index (χ0) is 15.9. The van der Waals surface area contributed by atoms with E-state index in [4.69, 9.17) is 4.74 Å². The number of para-hydroxylation sites is 1. The fraction of sp³-hybridized carbons (Fsp3) is 0.316. The van der Waals surface area contributed by atoms with Gasteiger partial charge in [0.2, 0.25) is 5.91 Å². The van der Waals surface area contributed by atoms with E-state index in [2.05, 4.69) is 5.32 Å². The summed E-state index contributed by atoms with van der Waals surface area (Å²) in [5.41, 5.74) is 4.31.